The molecule has 0 atom stereocenters. The van der Waals surface area contributed by atoms with Crippen LogP contribution >= 0.6 is 0 Å². The second kappa shape index (κ2) is 6.84. The lowest BCUT2D eigenvalue weighted by atomic mass is 10.5. The van der Waals surface area contributed by atoms with Gasteiger partial charge in [0.15, 0.2) is 0 Å². The Hall–Kier alpha value is -1.77. The van der Waals surface area contributed by atoms with E-state index in [1.54, 1.807) is 0 Å². The van der Waals surface area contributed by atoms with E-state index in [4.69, 9.17) is 10.6 Å². The number of hydrogen-bond donors (Lipinski definition) is 2. The van der Waals surface area contributed by atoms with Gasteiger partial charge in [0.05, 0.1) is 13.2 Å². The Balaban J connectivity index is 2.88. The third-order valence-corrected chi connectivity index (χ3v) is 1.92. The van der Waals surface area contributed by atoms with Crippen molar-refractivity contribution in [3.05, 3.63) is 0 Å². The van der Waals surface area contributed by atoms with Gasteiger partial charge in [-0.3, -0.25) is 5.43 Å². The number of nitrogens with zero attached hydrogens (tertiary/aromatic N) is 4. The van der Waals surface area contributed by atoms with Gasteiger partial charge in [0, 0.05) is 7.05 Å². The molecule has 0 fully saturated rings. The van der Waals surface area contributed by atoms with E-state index in [-0.39, 0.29) is 17.9 Å². The van der Waals surface area contributed by atoms with Crippen LogP contribution in [0.2, 0.25) is 0 Å². The fourth-order valence-corrected chi connectivity index (χ4v) is 1.13. The Bertz CT molecular complexity index is 378. The summed E-state index contributed by atoms with van der Waals surface area (Å²) in [5, 5.41) is 0. The number of nitrogens with one attached hydrogen (secondary N) is 1. The second-order valence-electron chi connectivity index (χ2n) is 3.51. The summed E-state index contributed by atoms with van der Waals surface area (Å²) in [6, 6.07) is 0.0518. The predicted octanol–water partition coefficient (Wildman–Crippen LogP) is 0.647. The number of nitrogens with two attached hydrogens (primary N) is 1. The fraction of sp³-hybridized carbons (Fsp3) is 0.667. The van der Waals surface area contributed by atoms with Gasteiger partial charge in [0.25, 0.3) is 6.43 Å². The van der Waals surface area contributed by atoms with Gasteiger partial charge in [0.2, 0.25) is 11.9 Å². The summed E-state index contributed by atoms with van der Waals surface area (Å²) < 4.78 is 29.8. The van der Waals surface area contributed by atoms with Crippen molar-refractivity contribution < 1.29 is 13.5 Å². The molecule has 0 unspecified atom stereocenters. The van der Waals surface area contributed by atoms with Gasteiger partial charge in [-0.25, -0.2) is 14.6 Å². The molecule has 1 rings (SSSR count). The maximum Gasteiger partial charge on any atom is 0.323 e. The zero-order valence-electron chi connectivity index (χ0n) is 10.2. The Morgan fingerprint density at radius 1 is 1.39 bits per heavy atom. The molecule has 0 aromatic carbocycles. The summed E-state index contributed by atoms with van der Waals surface area (Å²) in [7, 11) is 1.45. The highest BCUT2D eigenvalue weighted by atomic mass is 19.3. The van der Waals surface area contributed by atoms with E-state index >= 15 is 0 Å². The predicted molar refractivity (Wildman–Crippen MR) is 62.7 cm³/mol. The lowest BCUT2D eigenvalue weighted by Gasteiger charge is -2.17. The van der Waals surface area contributed by atoms with E-state index in [2.05, 4.69) is 20.4 Å². The van der Waals surface area contributed by atoms with Crippen LogP contribution in [0, 0.1) is 0 Å². The van der Waals surface area contributed by atoms with Crippen LogP contribution in [0.1, 0.15) is 13.3 Å². The molecule has 0 aliphatic heterocycles. The highest BCUT2D eigenvalue weighted by Gasteiger charge is 2.14. The van der Waals surface area contributed by atoms with Crippen LogP contribution in [0.15, 0.2) is 0 Å². The van der Waals surface area contributed by atoms with Gasteiger partial charge in [-0.05, 0) is 6.42 Å². The van der Waals surface area contributed by atoms with E-state index in [1.807, 2.05) is 6.92 Å². The summed E-state index contributed by atoms with van der Waals surface area (Å²) >= 11 is 0. The highest BCUT2D eigenvalue weighted by Crippen LogP contribution is 2.14. The molecule has 0 saturated carbocycles. The fourth-order valence-electron chi connectivity index (χ4n) is 1.13. The van der Waals surface area contributed by atoms with Crippen molar-refractivity contribution in [1.82, 2.24) is 15.0 Å². The minimum Gasteiger partial charge on any atom is -0.463 e. The number of alkyl halides is 2. The Morgan fingerprint density at radius 3 is 2.67 bits per heavy atom. The van der Waals surface area contributed by atoms with Gasteiger partial charge in [-0.1, -0.05) is 6.92 Å². The van der Waals surface area contributed by atoms with Gasteiger partial charge >= 0.3 is 6.01 Å². The van der Waals surface area contributed by atoms with Crippen LogP contribution < -0.4 is 20.9 Å². The van der Waals surface area contributed by atoms with E-state index < -0.39 is 13.0 Å². The first-order valence-electron chi connectivity index (χ1n) is 5.41. The maximum atomic E-state index is 12.3. The van der Waals surface area contributed by atoms with Crippen LogP contribution in [0.3, 0.4) is 0 Å². The molecule has 0 bridgehead atoms. The van der Waals surface area contributed by atoms with Gasteiger partial charge in [-0.15, -0.1) is 0 Å². The summed E-state index contributed by atoms with van der Waals surface area (Å²) in [4.78, 5) is 12.8. The number of ether oxygens (including phenoxy) is 1. The Labute approximate surface area is 103 Å². The van der Waals surface area contributed by atoms with Crippen molar-refractivity contribution in [3.63, 3.8) is 0 Å². The van der Waals surface area contributed by atoms with Crippen molar-refractivity contribution >= 4 is 11.9 Å². The van der Waals surface area contributed by atoms with Gasteiger partial charge in [-0.2, -0.15) is 15.0 Å². The number of hydrogen-bond acceptors (Lipinski definition) is 7. The van der Waals surface area contributed by atoms with E-state index in [0.717, 1.165) is 6.42 Å². The third kappa shape index (κ3) is 4.24. The molecule has 1 aromatic heterocycles. The minimum atomic E-state index is -2.49. The summed E-state index contributed by atoms with van der Waals surface area (Å²) in [5.74, 6) is 5.33. The molecule has 1 aromatic rings. The second-order valence-corrected chi connectivity index (χ2v) is 3.51. The van der Waals surface area contributed by atoms with E-state index in [1.165, 1.54) is 11.9 Å². The summed E-state index contributed by atoms with van der Waals surface area (Å²) in [5.41, 5.74) is 2.24. The number of anilines is 2. The van der Waals surface area contributed by atoms with Crippen LogP contribution in [0.5, 0.6) is 6.01 Å². The Kier molecular flexibility index (Phi) is 5.43. The molecule has 102 valence electrons. The minimum absolute atomic E-state index is 0.0518. The molecule has 18 heavy (non-hydrogen) atoms. The van der Waals surface area contributed by atoms with Crippen LogP contribution in [-0.4, -0.2) is 41.6 Å². The van der Waals surface area contributed by atoms with E-state index in [0.29, 0.717) is 6.61 Å². The SMILES string of the molecule is CCCOc1nc(NN)nc(N(C)CC(F)F)n1. The molecule has 0 radical (unpaired) electrons. The highest BCUT2D eigenvalue weighted by molar-refractivity contribution is 5.36. The van der Waals surface area contributed by atoms with Crippen molar-refractivity contribution in [2.45, 2.75) is 19.8 Å². The first kappa shape index (κ1) is 14.3. The van der Waals surface area contributed by atoms with Gasteiger partial charge < -0.3 is 9.64 Å². The lowest BCUT2D eigenvalue weighted by molar-refractivity contribution is 0.156. The summed E-state index contributed by atoms with van der Waals surface area (Å²) in [6.45, 7) is 1.86. The van der Waals surface area contributed by atoms with Crippen molar-refractivity contribution in [2.75, 3.05) is 30.5 Å². The number of aromatic nitrogens is 3. The van der Waals surface area contributed by atoms with Crippen LogP contribution in [-0.2, 0) is 0 Å². The zero-order valence-corrected chi connectivity index (χ0v) is 10.2. The van der Waals surface area contributed by atoms with Crippen molar-refractivity contribution in [2.24, 2.45) is 5.84 Å². The molecular formula is C9H16F2N6O. The molecule has 0 saturated heterocycles. The average molecular weight is 262 g/mol. The topological polar surface area (TPSA) is 89.2 Å². The van der Waals surface area contributed by atoms with E-state index in [9.17, 15) is 8.78 Å². The summed E-state index contributed by atoms with van der Waals surface area (Å²) in [6.07, 6.45) is -1.71. The normalized spacial score (nSPS) is 10.6. The third-order valence-electron chi connectivity index (χ3n) is 1.92. The molecular weight excluding hydrogens is 246 g/mol. The molecule has 0 amide bonds. The zero-order chi connectivity index (χ0) is 13.5. The number of nitrogen functional groups attached to an aromatic ring is 1. The molecule has 0 aliphatic carbocycles. The van der Waals surface area contributed by atoms with Crippen LogP contribution in [0.25, 0.3) is 0 Å². The Morgan fingerprint density at radius 2 is 2.11 bits per heavy atom. The average Bonchev–Trinajstić information content (AvgIpc) is 2.35. The molecule has 7 nitrogen and oxygen atoms in total. The smallest absolute Gasteiger partial charge is 0.323 e. The standard InChI is InChI=1S/C9H16F2N6O/c1-3-4-18-9-14-7(16-12)13-8(15-9)17(2)5-6(10)11/h6H,3-5,12H2,1-2H3,(H,13,14,15,16). The van der Waals surface area contributed by atoms with Gasteiger partial charge in [0.1, 0.15) is 0 Å². The number of halogens is 2. The maximum absolute atomic E-state index is 12.3. The number of hydrazine groups is 1. The number of rotatable bonds is 7. The largest absolute Gasteiger partial charge is 0.463 e. The molecule has 0 aliphatic rings. The van der Waals surface area contributed by atoms with Crippen LogP contribution in [0.4, 0.5) is 20.7 Å². The molecule has 0 spiro atoms. The quantitative estimate of drug-likeness (QED) is 0.550. The molecule has 1 heterocycles. The monoisotopic (exact) mass is 262 g/mol. The first-order chi connectivity index (χ1) is 8.56. The van der Waals surface area contributed by atoms with Crippen molar-refractivity contribution in [1.29, 1.82) is 0 Å². The first-order valence-corrected chi connectivity index (χ1v) is 5.41. The van der Waals surface area contributed by atoms with Crippen molar-refractivity contribution in [3.8, 4) is 6.01 Å². The lowest BCUT2D eigenvalue weighted by Crippen LogP contribution is -2.27. The molecule has 9 heteroatoms. The molecule has 3 N–H and O–H groups in total.